The van der Waals surface area contributed by atoms with Crippen LogP contribution in [-0.2, 0) is 6.42 Å². The number of hydrogen-bond donors (Lipinski definition) is 2. The van der Waals surface area contributed by atoms with Gasteiger partial charge in [0.25, 0.3) is 0 Å². The second-order valence-corrected chi connectivity index (χ2v) is 8.61. The molecule has 2 N–H and O–H groups in total. The quantitative estimate of drug-likeness (QED) is 0.405. The Morgan fingerprint density at radius 3 is 2.73 bits per heavy atom. The summed E-state index contributed by atoms with van der Waals surface area (Å²) in [7, 11) is 0. The highest BCUT2D eigenvalue weighted by molar-refractivity contribution is 5.92. The zero-order valence-electron chi connectivity index (χ0n) is 18.4. The van der Waals surface area contributed by atoms with Crippen LogP contribution in [0.25, 0.3) is 21.9 Å². The molecule has 168 valence electrons. The van der Waals surface area contributed by atoms with Crippen LogP contribution < -0.4 is 4.90 Å². The van der Waals surface area contributed by atoms with Gasteiger partial charge in [0.2, 0.25) is 5.76 Å². The Balaban J connectivity index is 1.11. The first-order valence-electron chi connectivity index (χ1n) is 11.3. The molecule has 7 nitrogen and oxygen atoms in total. The third kappa shape index (κ3) is 4.43. The minimum Gasteiger partial charge on any atom is -0.475 e. The number of fused-ring (bicyclic) bond motifs is 2. The van der Waals surface area contributed by atoms with E-state index in [0.717, 1.165) is 74.0 Å². The van der Waals surface area contributed by atoms with Crippen molar-refractivity contribution in [1.29, 1.82) is 5.26 Å². The summed E-state index contributed by atoms with van der Waals surface area (Å²) in [5.41, 5.74) is 4.77. The summed E-state index contributed by atoms with van der Waals surface area (Å²) in [5, 5.41) is 20.2. The summed E-state index contributed by atoms with van der Waals surface area (Å²) < 4.78 is 5.46. The molecule has 1 aliphatic rings. The van der Waals surface area contributed by atoms with Gasteiger partial charge < -0.3 is 19.4 Å². The Kier molecular flexibility index (Phi) is 5.76. The molecule has 0 saturated carbocycles. The Bertz CT molecular complexity index is 1340. The Morgan fingerprint density at radius 1 is 1.09 bits per heavy atom. The number of nitrogens with one attached hydrogen (secondary N) is 1. The fraction of sp³-hybridized carbons (Fsp3) is 0.308. The predicted molar refractivity (Wildman–Crippen MR) is 128 cm³/mol. The van der Waals surface area contributed by atoms with Crippen molar-refractivity contribution < 1.29 is 14.3 Å². The van der Waals surface area contributed by atoms with Crippen LogP contribution in [0, 0.1) is 11.3 Å². The number of aromatic nitrogens is 1. The lowest BCUT2D eigenvalue weighted by molar-refractivity contribution is 0.0665. The molecule has 1 aliphatic heterocycles. The van der Waals surface area contributed by atoms with Crippen molar-refractivity contribution in [3.8, 4) is 6.07 Å². The van der Waals surface area contributed by atoms with Crippen LogP contribution in [0.15, 0.2) is 53.1 Å². The highest BCUT2D eigenvalue weighted by Crippen LogP contribution is 2.26. The number of furan rings is 1. The molecule has 0 unspecified atom stereocenters. The summed E-state index contributed by atoms with van der Waals surface area (Å²) in [6, 6.07) is 15.5. The molecular formula is C26H26N4O3. The number of aryl methyl sites for hydroxylation is 1. The summed E-state index contributed by atoms with van der Waals surface area (Å²) in [6.45, 7) is 4.98. The fourth-order valence-electron chi connectivity index (χ4n) is 4.66. The minimum atomic E-state index is -1.04. The second-order valence-electron chi connectivity index (χ2n) is 8.61. The molecule has 2 aromatic carbocycles. The zero-order chi connectivity index (χ0) is 22.8. The van der Waals surface area contributed by atoms with Crippen LogP contribution in [0.2, 0.25) is 0 Å². The van der Waals surface area contributed by atoms with Gasteiger partial charge >= 0.3 is 5.97 Å². The summed E-state index contributed by atoms with van der Waals surface area (Å²) in [6.07, 6.45) is 5.34. The minimum absolute atomic E-state index is 0.0230. The summed E-state index contributed by atoms with van der Waals surface area (Å²) in [4.78, 5) is 19.3. The van der Waals surface area contributed by atoms with Gasteiger partial charge in [-0.05, 0) is 67.8 Å². The smallest absolute Gasteiger partial charge is 0.371 e. The normalized spacial score (nSPS) is 14.7. The van der Waals surface area contributed by atoms with E-state index >= 15 is 0 Å². The lowest BCUT2D eigenvalue weighted by Gasteiger charge is -2.36. The van der Waals surface area contributed by atoms with Gasteiger partial charge in [0.15, 0.2) is 0 Å². The molecule has 0 spiro atoms. The third-order valence-electron chi connectivity index (χ3n) is 6.52. The SMILES string of the molecule is N#Cc1ccc2[nH]cc(CCCCN3CCN(c4ccc5cc(C(=O)O)oc5c4)CC3)c2c1. The largest absolute Gasteiger partial charge is 0.475 e. The van der Waals surface area contributed by atoms with Gasteiger partial charge in [0.1, 0.15) is 5.58 Å². The monoisotopic (exact) mass is 442 g/mol. The van der Waals surface area contributed by atoms with Crippen molar-refractivity contribution in [2.45, 2.75) is 19.3 Å². The van der Waals surface area contributed by atoms with E-state index in [-0.39, 0.29) is 5.76 Å². The van der Waals surface area contributed by atoms with Gasteiger partial charge in [-0.2, -0.15) is 5.26 Å². The number of piperazine rings is 1. The first kappa shape index (κ1) is 21.1. The number of carboxylic acids is 1. The molecule has 1 fully saturated rings. The van der Waals surface area contributed by atoms with Gasteiger partial charge in [0, 0.05) is 60.4 Å². The van der Waals surface area contributed by atoms with Gasteiger partial charge in [-0.3, -0.25) is 4.90 Å². The summed E-state index contributed by atoms with van der Waals surface area (Å²) in [5.74, 6) is -1.07. The molecule has 4 aromatic rings. The average molecular weight is 443 g/mol. The third-order valence-corrected chi connectivity index (χ3v) is 6.52. The van der Waals surface area contributed by atoms with E-state index < -0.39 is 5.97 Å². The molecule has 0 amide bonds. The number of H-pyrrole nitrogens is 1. The van der Waals surface area contributed by atoms with Crippen molar-refractivity contribution in [3.05, 3.63) is 65.5 Å². The molecule has 0 radical (unpaired) electrons. The van der Waals surface area contributed by atoms with Gasteiger partial charge in [-0.1, -0.05) is 0 Å². The number of hydrogen-bond acceptors (Lipinski definition) is 5. The van der Waals surface area contributed by atoms with E-state index in [4.69, 9.17) is 14.8 Å². The van der Waals surface area contributed by atoms with Crippen molar-refractivity contribution in [3.63, 3.8) is 0 Å². The number of nitriles is 1. The molecule has 33 heavy (non-hydrogen) atoms. The van der Waals surface area contributed by atoms with Crippen LogP contribution in [0.3, 0.4) is 0 Å². The number of carboxylic acid groups (broad SMARTS) is 1. The standard InChI is InChI=1S/C26H26N4O3/c27-16-18-4-7-23-22(13-18)20(17-28-23)3-1-2-8-29-9-11-30(12-10-29)21-6-5-19-14-25(26(31)32)33-24(19)15-21/h4-7,13-15,17,28H,1-3,8-12H2,(H,31,32). The van der Waals surface area contributed by atoms with Crippen molar-refractivity contribution in [2.75, 3.05) is 37.6 Å². The second kappa shape index (κ2) is 9.00. The number of carbonyl (C=O) groups is 1. The predicted octanol–water partition coefficient (Wildman–Crippen LogP) is 4.63. The van der Waals surface area contributed by atoms with Gasteiger partial charge in [0.05, 0.1) is 11.6 Å². The van der Waals surface area contributed by atoms with Crippen LogP contribution in [-0.4, -0.2) is 53.7 Å². The zero-order valence-corrected chi connectivity index (χ0v) is 18.4. The first-order valence-corrected chi connectivity index (χ1v) is 11.3. The molecular weight excluding hydrogens is 416 g/mol. The van der Waals surface area contributed by atoms with Crippen LogP contribution >= 0.6 is 0 Å². The molecule has 0 bridgehead atoms. The van der Waals surface area contributed by atoms with Crippen LogP contribution in [0.5, 0.6) is 0 Å². The highest BCUT2D eigenvalue weighted by Gasteiger charge is 2.18. The molecule has 5 rings (SSSR count). The highest BCUT2D eigenvalue weighted by atomic mass is 16.4. The fourth-order valence-corrected chi connectivity index (χ4v) is 4.66. The molecule has 2 aromatic heterocycles. The number of unbranched alkanes of at least 4 members (excludes halogenated alkanes) is 1. The van der Waals surface area contributed by atoms with Crippen molar-refractivity contribution in [1.82, 2.24) is 9.88 Å². The van der Waals surface area contributed by atoms with E-state index in [2.05, 4.69) is 27.0 Å². The molecule has 3 heterocycles. The summed E-state index contributed by atoms with van der Waals surface area (Å²) >= 11 is 0. The lowest BCUT2D eigenvalue weighted by Crippen LogP contribution is -2.46. The van der Waals surface area contributed by atoms with Crippen molar-refractivity contribution in [2.24, 2.45) is 0 Å². The number of aromatic carboxylic acids is 1. The maximum atomic E-state index is 11.1. The average Bonchev–Trinajstić information content (AvgIpc) is 3.45. The molecule has 0 atom stereocenters. The number of anilines is 1. The van der Waals surface area contributed by atoms with Crippen LogP contribution in [0.4, 0.5) is 5.69 Å². The number of rotatable bonds is 7. The van der Waals surface area contributed by atoms with Gasteiger partial charge in [-0.15, -0.1) is 0 Å². The van der Waals surface area contributed by atoms with E-state index in [9.17, 15) is 4.79 Å². The molecule has 1 saturated heterocycles. The van der Waals surface area contributed by atoms with Gasteiger partial charge in [-0.25, -0.2) is 4.79 Å². The first-order chi connectivity index (χ1) is 16.1. The topological polar surface area (TPSA) is 96.5 Å². The van der Waals surface area contributed by atoms with Crippen LogP contribution in [0.1, 0.15) is 34.5 Å². The van der Waals surface area contributed by atoms with Crippen molar-refractivity contribution >= 4 is 33.5 Å². The number of benzene rings is 2. The lowest BCUT2D eigenvalue weighted by atomic mass is 10.1. The Labute approximate surface area is 191 Å². The molecule has 7 heteroatoms. The molecule has 0 aliphatic carbocycles. The van der Waals surface area contributed by atoms with E-state index in [1.807, 2.05) is 36.4 Å². The Morgan fingerprint density at radius 2 is 1.94 bits per heavy atom. The van der Waals surface area contributed by atoms with E-state index in [1.165, 1.54) is 5.56 Å². The van der Waals surface area contributed by atoms with E-state index in [0.29, 0.717) is 11.1 Å². The Hall–Kier alpha value is -3.76. The van der Waals surface area contributed by atoms with E-state index in [1.54, 1.807) is 6.07 Å². The number of nitrogens with zero attached hydrogens (tertiary/aromatic N) is 3. The maximum absolute atomic E-state index is 11.1. The maximum Gasteiger partial charge on any atom is 0.371 e. The number of aromatic amines is 1.